The van der Waals surface area contributed by atoms with Gasteiger partial charge in [-0.05, 0) is 36.9 Å². The standard InChI is InChI=1S/C22H26ClN3O2S/c1-3-26(4-2)19(16-9-5-6-10-17(16)23)13-24-21(27)14-28-15-22-25-18-11-7-8-12-20(18)29-22/h5-12,19H,3-4,13-15H2,1-2H3,(H,24,27). The molecule has 7 heteroatoms. The van der Waals surface area contributed by atoms with Crippen molar-refractivity contribution in [2.75, 3.05) is 26.2 Å². The van der Waals surface area contributed by atoms with Crippen molar-refractivity contribution in [3.8, 4) is 0 Å². The van der Waals surface area contributed by atoms with Gasteiger partial charge in [-0.3, -0.25) is 9.69 Å². The molecule has 0 saturated heterocycles. The average molecular weight is 432 g/mol. The Balaban J connectivity index is 1.53. The Morgan fingerprint density at radius 2 is 1.90 bits per heavy atom. The summed E-state index contributed by atoms with van der Waals surface area (Å²) in [7, 11) is 0. The number of thiazole rings is 1. The molecule has 0 saturated carbocycles. The second-order valence-electron chi connectivity index (χ2n) is 6.63. The molecule has 2 aromatic carbocycles. The van der Waals surface area contributed by atoms with Crippen LogP contribution in [0.2, 0.25) is 5.02 Å². The molecule has 1 heterocycles. The van der Waals surface area contributed by atoms with Crippen LogP contribution in [0.25, 0.3) is 10.2 Å². The molecular formula is C22H26ClN3O2S. The van der Waals surface area contributed by atoms with E-state index >= 15 is 0 Å². The normalized spacial score (nSPS) is 12.4. The van der Waals surface area contributed by atoms with Crippen molar-refractivity contribution in [2.24, 2.45) is 0 Å². The van der Waals surface area contributed by atoms with Crippen LogP contribution in [0, 0.1) is 0 Å². The van der Waals surface area contributed by atoms with Gasteiger partial charge in [0.25, 0.3) is 0 Å². The minimum absolute atomic E-state index is 0.00339. The summed E-state index contributed by atoms with van der Waals surface area (Å²) in [5.74, 6) is -0.143. The molecule has 0 aliphatic carbocycles. The number of hydrogen-bond acceptors (Lipinski definition) is 5. The first-order chi connectivity index (χ1) is 14.1. The number of carbonyl (C=O) groups is 1. The second kappa shape index (κ2) is 10.7. The van der Waals surface area contributed by atoms with Gasteiger partial charge in [0.2, 0.25) is 5.91 Å². The maximum absolute atomic E-state index is 12.3. The number of halogens is 1. The van der Waals surface area contributed by atoms with Gasteiger partial charge in [-0.25, -0.2) is 4.98 Å². The molecule has 1 aromatic heterocycles. The van der Waals surface area contributed by atoms with E-state index in [1.54, 1.807) is 11.3 Å². The Bertz CT molecular complexity index is 909. The van der Waals surface area contributed by atoms with Crippen molar-refractivity contribution in [1.82, 2.24) is 15.2 Å². The molecule has 5 nitrogen and oxygen atoms in total. The Morgan fingerprint density at radius 3 is 2.62 bits per heavy atom. The van der Waals surface area contributed by atoms with Gasteiger partial charge in [-0.15, -0.1) is 11.3 Å². The third-order valence-corrected chi connectivity index (χ3v) is 6.16. The van der Waals surface area contributed by atoms with Gasteiger partial charge >= 0.3 is 0 Å². The molecule has 1 N–H and O–H groups in total. The number of para-hydroxylation sites is 1. The Kier molecular flexibility index (Phi) is 8.00. The van der Waals surface area contributed by atoms with Crippen molar-refractivity contribution < 1.29 is 9.53 Å². The lowest BCUT2D eigenvalue weighted by Gasteiger charge is -2.30. The maximum Gasteiger partial charge on any atom is 0.246 e. The lowest BCUT2D eigenvalue weighted by Crippen LogP contribution is -2.39. The minimum atomic E-state index is -0.143. The van der Waals surface area contributed by atoms with E-state index < -0.39 is 0 Å². The molecule has 0 radical (unpaired) electrons. The van der Waals surface area contributed by atoms with Crippen molar-refractivity contribution >= 4 is 39.1 Å². The fraction of sp³-hybridized carbons (Fsp3) is 0.364. The molecule has 0 aliphatic rings. The molecule has 0 bridgehead atoms. The van der Waals surface area contributed by atoms with Crippen molar-refractivity contribution in [3.05, 3.63) is 64.1 Å². The van der Waals surface area contributed by atoms with Gasteiger partial charge in [-0.1, -0.05) is 55.8 Å². The van der Waals surface area contributed by atoms with E-state index in [0.717, 1.165) is 33.9 Å². The van der Waals surface area contributed by atoms with Crippen LogP contribution in [0.15, 0.2) is 48.5 Å². The molecule has 29 heavy (non-hydrogen) atoms. The molecule has 3 aromatic rings. The first kappa shape index (κ1) is 21.7. The minimum Gasteiger partial charge on any atom is -0.364 e. The molecule has 0 aliphatic heterocycles. The lowest BCUT2D eigenvalue weighted by molar-refractivity contribution is -0.126. The van der Waals surface area contributed by atoms with Crippen LogP contribution in [0.5, 0.6) is 0 Å². The summed E-state index contributed by atoms with van der Waals surface area (Å²) in [5, 5.41) is 4.57. The zero-order valence-electron chi connectivity index (χ0n) is 16.7. The summed E-state index contributed by atoms with van der Waals surface area (Å²) in [6.07, 6.45) is 0. The number of benzene rings is 2. The van der Waals surface area contributed by atoms with E-state index in [2.05, 4.69) is 29.0 Å². The Hall–Kier alpha value is -1.99. The van der Waals surface area contributed by atoms with Gasteiger partial charge in [0.15, 0.2) is 0 Å². The molecule has 154 valence electrons. The zero-order chi connectivity index (χ0) is 20.6. The number of aromatic nitrogens is 1. The number of fused-ring (bicyclic) bond motifs is 1. The van der Waals surface area contributed by atoms with E-state index in [9.17, 15) is 4.79 Å². The van der Waals surface area contributed by atoms with Crippen LogP contribution < -0.4 is 5.32 Å². The summed E-state index contributed by atoms with van der Waals surface area (Å²) < 4.78 is 6.70. The molecule has 0 spiro atoms. The van der Waals surface area contributed by atoms with E-state index in [4.69, 9.17) is 16.3 Å². The summed E-state index contributed by atoms with van der Waals surface area (Å²) >= 11 is 7.99. The van der Waals surface area contributed by atoms with Crippen molar-refractivity contribution in [3.63, 3.8) is 0 Å². The van der Waals surface area contributed by atoms with Crippen molar-refractivity contribution in [2.45, 2.75) is 26.5 Å². The van der Waals surface area contributed by atoms with Crippen LogP contribution in [0.1, 0.15) is 30.5 Å². The SMILES string of the molecule is CCN(CC)C(CNC(=O)COCc1nc2ccccc2s1)c1ccccc1Cl. The number of carbonyl (C=O) groups excluding carboxylic acids is 1. The number of nitrogens with one attached hydrogen (secondary N) is 1. The topological polar surface area (TPSA) is 54.5 Å². The molecule has 1 atom stereocenters. The maximum atomic E-state index is 12.3. The Labute approximate surface area is 180 Å². The predicted octanol–water partition coefficient (Wildman–Crippen LogP) is 4.67. The van der Waals surface area contributed by atoms with Gasteiger partial charge in [-0.2, -0.15) is 0 Å². The average Bonchev–Trinajstić information content (AvgIpc) is 3.14. The van der Waals surface area contributed by atoms with Crippen LogP contribution >= 0.6 is 22.9 Å². The molecule has 1 unspecified atom stereocenters. The van der Waals surface area contributed by atoms with Crippen molar-refractivity contribution in [1.29, 1.82) is 0 Å². The first-order valence-electron chi connectivity index (χ1n) is 9.79. The number of nitrogens with zero attached hydrogens (tertiary/aromatic N) is 2. The molecule has 0 fully saturated rings. The second-order valence-corrected chi connectivity index (χ2v) is 8.15. The smallest absolute Gasteiger partial charge is 0.246 e. The molecular weight excluding hydrogens is 406 g/mol. The van der Waals surface area contributed by atoms with Crippen LogP contribution in [-0.2, 0) is 16.1 Å². The number of ether oxygens (including phenoxy) is 1. The summed E-state index contributed by atoms with van der Waals surface area (Å²) in [6, 6.07) is 15.8. The van der Waals surface area contributed by atoms with E-state index in [-0.39, 0.29) is 18.6 Å². The summed E-state index contributed by atoms with van der Waals surface area (Å²) in [6.45, 7) is 6.77. The number of hydrogen-bond donors (Lipinski definition) is 1. The van der Waals surface area contributed by atoms with Gasteiger partial charge in [0.1, 0.15) is 11.6 Å². The number of amides is 1. The van der Waals surface area contributed by atoms with Crippen LogP contribution in [-0.4, -0.2) is 42.0 Å². The predicted molar refractivity (Wildman–Crippen MR) is 119 cm³/mol. The highest BCUT2D eigenvalue weighted by Crippen LogP contribution is 2.27. The highest BCUT2D eigenvalue weighted by molar-refractivity contribution is 7.18. The highest BCUT2D eigenvalue weighted by atomic mass is 35.5. The third-order valence-electron chi connectivity index (χ3n) is 4.81. The number of rotatable bonds is 10. The highest BCUT2D eigenvalue weighted by Gasteiger charge is 2.21. The van der Waals surface area contributed by atoms with Gasteiger partial charge in [0.05, 0.1) is 22.9 Å². The third kappa shape index (κ3) is 5.76. The molecule has 1 amide bonds. The largest absolute Gasteiger partial charge is 0.364 e. The Morgan fingerprint density at radius 1 is 1.17 bits per heavy atom. The van der Waals surface area contributed by atoms with Crippen LogP contribution in [0.4, 0.5) is 0 Å². The molecule has 3 rings (SSSR count). The monoisotopic (exact) mass is 431 g/mol. The number of likely N-dealkylation sites (N-methyl/N-ethyl adjacent to an activating group) is 1. The van der Waals surface area contributed by atoms with E-state index in [1.807, 2.05) is 48.5 Å². The van der Waals surface area contributed by atoms with Gasteiger partial charge in [0, 0.05) is 11.6 Å². The summed E-state index contributed by atoms with van der Waals surface area (Å²) in [5.41, 5.74) is 1.98. The fourth-order valence-electron chi connectivity index (χ4n) is 3.32. The van der Waals surface area contributed by atoms with Crippen LogP contribution in [0.3, 0.4) is 0 Å². The quantitative estimate of drug-likeness (QED) is 0.507. The lowest BCUT2D eigenvalue weighted by atomic mass is 10.0. The van der Waals surface area contributed by atoms with E-state index in [0.29, 0.717) is 18.2 Å². The fourth-order valence-corrected chi connectivity index (χ4v) is 4.49. The first-order valence-corrected chi connectivity index (χ1v) is 11.0. The summed E-state index contributed by atoms with van der Waals surface area (Å²) in [4.78, 5) is 19.1. The zero-order valence-corrected chi connectivity index (χ0v) is 18.3. The van der Waals surface area contributed by atoms with Gasteiger partial charge < -0.3 is 10.1 Å². The van der Waals surface area contributed by atoms with E-state index in [1.165, 1.54) is 0 Å².